The molecule has 0 unspecified atom stereocenters. The van der Waals surface area contributed by atoms with Crippen LogP contribution >= 0.6 is 0 Å². The Hall–Kier alpha value is -2.04. The van der Waals surface area contributed by atoms with Gasteiger partial charge in [0.2, 0.25) is 6.43 Å². The van der Waals surface area contributed by atoms with Gasteiger partial charge < -0.3 is 5.32 Å². The molecule has 0 bridgehead atoms. The molecule has 4 rings (SSSR count). The van der Waals surface area contributed by atoms with E-state index in [9.17, 15) is 8.78 Å². The van der Waals surface area contributed by atoms with Gasteiger partial charge in [0.05, 0.1) is 0 Å². The average Bonchev–Trinajstić information content (AvgIpc) is 2.66. The van der Waals surface area contributed by atoms with Gasteiger partial charge in [-0.15, -0.1) is 0 Å². The Balaban J connectivity index is 1.91. The van der Waals surface area contributed by atoms with Crippen LogP contribution in [0.4, 0.5) is 8.78 Å². The molecule has 25 heavy (non-hydrogen) atoms. The molecule has 1 aliphatic rings. The van der Waals surface area contributed by atoms with E-state index in [1.165, 1.54) is 5.39 Å². The number of nitrogens with zero attached hydrogens (tertiary/aromatic N) is 1. The van der Waals surface area contributed by atoms with Crippen molar-refractivity contribution < 1.29 is 8.78 Å². The number of piperazine rings is 1. The lowest BCUT2D eigenvalue weighted by Gasteiger charge is -2.36. The number of hydrogen-bond donors (Lipinski definition) is 1. The van der Waals surface area contributed by atoms with Crippen LogP contribution in [-0.4, -0.2) is 37.5 Å². The lowest BCUT2D eigenvalue weighted by atomic mass is 9.91. The normalized spacial score (nSPS) is 17.4. The highest BCUT2D eigenvalue weighted by Gasteiger charge is 2.27. The largest absolute Gasteiger partial charge is 0.314 e. The number of hydrogen-bond acceptors (Lipinski definition) is 2. The van der Waals surface area contributed by atoms with Crippen molar-refractivity contribution in [3.63, 3.8) is 0 Å². The Morgan fingerprint density at radius 1 is 0.880 bits per heavy atom. The van der Waals surface area contributed by atoms with Gasteiger partial charge in [0, 0.05) is 38.6 Å². The average molecular weight is 340 g/mol. The van der Waals surface area contributed by atoms with E-state index in [4.69, 9.17) is 0 Å². The molecule has 1 N–H and O–H groups in total. The summed E-state index contributed by atoms with van der Waals surface area (Å²) in [6, 6.07) is 18.3. The number of nitrogens with one attached hydrogen (secondary N) is 1. The van der Waals surface area contributed by atoms with Crippen molar-refractivity contribution in [1.82, 2.24) is 10.2 Å². The molecule has 1 aliphatic heterocycles. The zero-order valence-electron chi connectivity index (χ0n) is 14.1. The molecule has 2 nitrogen and oxygen atoms in total. The van der Waals surface area contributed by atoms with Gasteiger partial charge in [0.1, 0.15) is 0 Å². The highest BCUT2D eigenvalue weighted by Crippen LogP contribution is 2.36. The SMILES string of the molecule is FC(F)C[C@@H](c1cc2ccccc2c2ccccc12)N1CCNCC1. The maximum absolute atomic E-state index is 13.4. The molecule has 130 valence electrons. The van der Waals surface area contributed by atoms with Crippen molar-refractivity contribution in [2.45, 2.75) is 18.9 Å². The van der Waals surface area contributed by atoms with Gasteiger partial charge in [-0.05, 0) is 33.2 Å². The third-order valence-corrected chi connectivity index (χ3v) is 5.15. The first-order valence-electron chi connectivity index (χ1n) is 8.87. The standard InChI is InChI=1S/C21H22F2N2/c22-21(23)14-20(25-11-9-24-10-12-25)19-13-15-5-1-2-6-16(15)17-7-3-4-8-18(17)19/h1-8,13,20-21,24H,9-12,14H2/t20-/m0/s1. The molecule has 1 saturated heterocycles. The molecule has 0 radical (unpaired) electrons. The van der Waals surface area contributed by atoms with Crippen LogP contribution in [0.1, 0.15) is 18.0 Å². The lowest BCUT2D eigenvalue weighted by Crippen LogP contribution is -2.45. The molecule has 3 aromatic carbocycles. The van der Waals surface area contributed by atoms with E-state index in [0.29, 0.717) is 0 Å². The van der Waals surface area contributed by atoms with Crippen molar-refractivity contribution in [3.8, 4) is 0 Å². The Morgan fingerprint density at radius 2 is 1.52 bits per heavy atom. The molecular weight excluding hydrogens is 318 g/mol. The van der Waals surface area contributed by atoms with E-state index in [1.54, 1.807) is 0 Å². The van der Waals surface area contributed by atoms with Crippen molar-refractivity contribution in [2.24, 2.45) is 0 Å². The summed E-state index contributed by atoms with van der Waals surface area (Å²) < 4.78 is 26.8. The van der Waals surface area contributed by atoms with E-state index in [2.05, 4.69) is 40.5 Å². The van der Waals surface area contributed by atoms with Gasteiger partial charge in [0.15, 0.2) is 0 Å². The Labute approximate surface area is 146 Å². The minimum Gasteiger partial charge on any atom is -0.314 e. The third-order valence-electron chi connectivity index (χ3n) is 5.15. The molecule has 4 heteroatoms. The maximum atomic E-state index is 13.4. The van der Waals surface area contributed by atoms with Crippen LogP contribution in [0.15, 0.2) is 54.6 Å². The van der Waals surface area contributed by atoms with Crippen LogP contribution in [0.3, 0.4) is 0 Å². The number of rotatable bonds is 4. The van der Waals surface area contributed by atoms with Crippen LogP contribution in [0.2, 0.25) is 0 Å². The van der Waals surface area contributed by atoms with Gasteiger partial charge in [-0.25, -0.2) is 8.78 Å². The number of fused-ring (bicyclic) bond motifs is 3. The summed E-state index contributed by atoms with van der Waals surface area (Å²) in [4.78, 5) is 2.21. The molecule has 0 saturated carbocycles. The number of halogens is 2. The quantitative estimate of drug-likeness (QED) is 0.699. The highest BCUT2D eigenvalue weighted by molar-refractivity contribution is 6.09. The fraction of sp³-hybridized carbons (Fsp3) is 0.333. The third kappa shape index (κ3) is 3.24. The summed E-state index contributed by atoms with van der Waals surface area (Å²) in [5.41, 5.74) is 1.02. The van der Waals surface area contributed by atoms with Gasteiger partial charge >= 0.3 is 0 Å². The summed E-state index contributed by atoms with van der Waals surface area (Å²) in [7, 11) is 0. The fourth-order valence-corrected chi connectivity index (χ4v) is 3.99. The van der Waals surface area contributed by atoms with Crippen LogP contribution < -0.4 is 5.32 Å². The predicted molar refractivity (Wildman–Crippen MR) is 99.3 cm³/mol. The zero-order chi connectivity index (χ0) is 17.2. The van der Waals surface area contributed by atoms with Gasteiger partial charge in [0.25, 0.3) is 0 Å². The second kappa shape index (κ2) is 7.06. The first kappa shape index (κ1) is 16.4. The summed E-state index contributed by atoms with van der Waals surface area (Å²) >= 11 is 0. The molecule has 3 aromatic rings. The van der Waals surface area contributed by atoms with Crippen LogP contribution in [0.25, 0.3) is 21.5 Å². The minimum absolute atomic E-state index is 0.123. The maximum Gasteiger partial charge on any atom is 0.240 e. The second-order valence-corrected chi connectivity index (χ2v) is 6.66. The van der Waals surface area contributed by atoms with Crippen molar-refractivity contribution >= 4 is 21.5 Å². The van der Waals surface area contributed by atoms with Crippen molar-refractivity contribution in [2.75, 3.05) is 26.2 Å². The van der Waals surface area contributed by atoms with Gasteiger partial charge in [-0.2, -0.15) is 0 Å². The summed E-state index contributed by atoms with van der Waals surface area (Å²) in [6.45, 7) is 3.31. The fourth-order valence-electron chi connectivity index (χ4n) is 3.99. The molecule has 0 spiro atoms. The minimum atomic E-state index is -2.31. The monoisotopic (exact) mass is 340 g/mol. The molecule has 1 atom stereocenters. The van der Waals surface area contributed by atoms with E-state index < -0.39 is 6.43 Å². The summed E-state index contributed by atoms with van der Waals surface area (Å²) in [5, 5.41) is 7.84. The van der Waals surface area contributed by atoms with Crippen molar-refractivity contribution in [1.29, 1.82) is 0 Å². The molecular formula is C21H22F2N2. The second-order valence-electron chi connectivity index (χ2n) is 6.66. The molecule has 1 fully saturated rings. The summed E-state index contributed by atoms with van der Waals surface area (Å²) in [6.07, 6.45) is -2.44. The Kier molecular flexibility index (Phi) is 4.64. The smallest absolute Gasteiger partial charge is 0.240 e. The number of alkyl halides is 2. The molecule has 0 aromatic heterocycles. The van der Waals surface area contributed by atoms with E-state index in [-0.39, 0.29) is 12.5 Å². The highest BCUT2D eigenvalue weighted by atomic mass is 19.3. The van der Waals surface area contributed by atoms with Crippen LogP contribution in [0.5, 0.6) is 0 Å². The van der Waals surface area contributed by atoms with Gasteiger partial charge in [-0.3, -0.25) is 4.90 Å². The number of benzene rings is 3. The molecule has 0 amide bonds. The van der Waals surface area contributed by atoms with Crippen LogP contribution in [-0.2, 0) is 0 Å². The van der Waals surface area contributed by atoms with E-state index >= 15 is 0 Å². The Bertz CT molecular complexity index is 872. The van der Waals surface area contributed by atoms with Gasteiger partial charge in [-0.1, -0.05) is 48.5 Å². The summed E-state index contributed by atoms with van der Waals surface area (Å²) in [5.74, 6) is 0. The molecule has 0 aliphatic carbocycles. The predicted octanol–water partition coefficient (Wildman–Crippen LogP) is 4.59. The van der Waals surface area contributed by atoms with E-state index in [1.807, 2.05) is 24.3 Å². The Morgan fingerprint density at radius 3 is 2.24 bits per heavy atom. The molecule has 1 heterocycles. The lowest BCUT2D eigenvalue weighted by molar-refractivity contribution is 0.0745. The first-order valence-corrected chi connectivity index (χ1v) is 8.87. The zero-order valence-corrected chi connectivity index (χ0v) is 14.1. The van der Waals surface area contributed by atoms with Crippen LogP contribution in [0, 0.1) is 0 Å². The van der Waals surface area contributed by atoms with Crippen molar-refractivity contribution in [3.05, 3.63) is 60.2 Å². The topological polar surface area (TPSA) is 15.3 Å². The first-order chi connectivity index (χ1) is 12.2. The van der Waals surface area contributed by atoms with E-state index in [0.717, 1.165) is 47.9 Å².